The summed E-state index contributed by atoms with van der Waals surface area (Å²) in [4.78, 5) is 25.7. The lowest BCUT2D eigenvalue weighted by Crippen LogP contribution is -2.19. The Kier molecular flexibility index (Phi) is 6.23. The van der Waals surface area contributed by atoms with Crippen LogP contribution in [0.25, 0.3) is 16.9 Å². The number of benzene rings is 2. The molecule has 0 aliphatic rings. The van der Waals surface area contributed by atoms with E-state index < -0.39 is 11.8 Å². The highest BCUT2D eigenvalue weighted by Crippen LogP contribution is 2.25. The molecule has 3 aromatic heterocycles. The second kappa shape index (κ2) is 9.78. The lowest BCUT2D eigenvalue weighted by atomic mass is 10.1. The van der Waals surface area contributed by atoms with Gasteiger partial charge in [-0.25, -0.2) is 19.2 Å². The number of hydrogen-bond donors (Lipinski definition) is 3. The van der Waals surface area contributed by atoms with E-state index >= 15 is 0 Å². The Hall–Kier alpha value is -4.50. The van der Waals surface area contributed by atoms with E-state index in [1.165, 1.54) is 18.2 Å². The number of carbonyl (C=O) groups excluding carboxylic acids is 1. The van der Waals surface area contributed by atoms with Crippen molar-refractivity contribution in [2.24, 2.45) is 0 Å². The SMILES string of the molecule is O=C(Nc1cccc(-c2cn3ccnc3c(NCc3ccncc3)n2)c1)Nc1ccc(F)c(Cl)c1. The Morgan fingerprint density at radius 3 is 2.60 bits per heavy atom. The molecule has 5 aromatic rings. The van der Waals surface area contributed by atoms with E-state index in [0.717, 1.165) is 11.1 Å². The number of urea groups is 1. The van der Waals surface area contributed by atoms with E-state index in [1.54, 1.807) is 24.7 Å². The van der Waals surface area contributed by atoms with Gasteiger partial charge in [0.05, 0.1) is 10.7 Å². The van der Waals surface area contributed by atoms with Crippen LogP contribution in [0.15, 0.2) is 85.6 Å². The zero-order chi connectivity index (χ0) is 24.2. The van der Waals surface area contributed by atoms with Crippen LogP contribution in [0.1, 0.15) is 5.56 Å². The van der Waals surface area contributed by atoms with Crippen LogP contribution >= 0.6 is 11.6 Å². The van der Waals surface area contributed by atoms with E-state index in [4.69, 9.17) is 16.6 Å². The summed E-state index contributed by atoms with van der Waals surface area (Å²) in [5.41, 5.74) is 4.21. The fourth-order valence-corrected chi connectivity index (χ4v) is 3.68. The molecule has 0 fully saturated rings. The molecule has 0 atom stereocenters. The van der Waals surface area contributed by atoms with Crippen LogP contribution in [-0.4, -0.2) is 25.4 Å². The fourth-order valence-electron chi connectivity index (χ4n) is 3.50. The molecule has 3 N–H and O–H groups in total. The molecular formula is C25H19ClFN7O. The van der Waals surface area contributed by atoms with Gasteiger partial charge in [0.15, 0.2) is 11.5 Å². The molecule has 0 radical (unpaired) electrons. The highest BCUT2D eigenvalue weighted by atomic mass is 35.5. The molecule has 0 aliphatic carbocycles. The Morgan fingerprint density at radius 1 is 1.00 bits per heavy atom. The monoisotopic (exact) mass is 487 g/mol. The van der Waals surface area contributed by atoms with Gasteiger partial charge >= 0.3 is 6.03 Å². The van der Waals surface area contributed by atoms with E-state index in [2.05, 4.69) is 25.9 Å². The molecule has 2 amide bonds. The van der Waals surface area contributed by atoms with Crippen molar-refractivity contribution >= 4 is 40.5 Å². The minimum absolute atomic E-state index is 0.0703. The summed E-state index contributed by atoms with van der Waals surface area (Å²) >= 11 is 5.78. The summed E-state index contributed by atoms with van der Waals surface area (Å²) < 4.78 is 15.2. The van der Waals surface area contributed by atoms with Gasteiger partial charge in [-0.2, -0.15) is 0 Å². The maximum atomic E-state index is 13.3. The summed E-state index contributed by atoms with van der Waals surface area (Å²) in [7, 11) is 0. The van der Waals surface area contributed by atoms with Crippen molar-refractivity contribution in [3.8, 4) is 11.3 Å². The Bertz CT molecular complexity index is 1510. The first-order valence-corrected chi connectivity index (χ1v) is 11.0. The topological polar surface area (TPSA) is 96.2 Å². The Labute approximate surface area is 204 Å². The van der Waals surface area contributed by atoms with Crippen molar-refractivity contribution < 1.29 is 9.18 Å². The van der Waals surface area contributed by atoms with Gasteiger partial charge in [-0.15, -0.1) is 0 Å². The lowest BCUT2D eigenvalue weighted by Gasteiger charge is -2.12. The number of pyridine rings is 1. The van der Waals surface area contributed by atoms with Crippen molar-refractivity contribution in [2.75, 3.05) is 16.0 Å². The smallest absolute Gasteiger partial charge is 0.323 e. The van der Waals surface area contributed by atoms with Crippen molar-refractivity contribution in [1.29, 1.82) is 0 Å². The van der Waals surface area contributed by atoms with Crippen LogP contribution < -0.4 is 16.0 Å². The number of nitrogens with zero attached hydrogens (tertiary/aromatic N) is 4. The zero-order valence-corrected chi connectivity index (χ0v) is 19.0. The molecule has 0 saturated carbocycles. The van der Waals surface area contributed by atoms with Gasteiger partial charge in [-0.1, -0.05) is 23.7 Å². The van der Waals surface area contributed by atoms with E-state index in [9.17, 15) is 9.18 Å². The van der Waals surface area contributed by atoms with E-state index in [1.807, 2.05) is 47.1 Å². The maximum Gasteiger partial charge on any atom is 0.323 e. The highest BCUT2D eigenvalue weighted by Gasteiger charge is 2.11. The number of nitrogens with one attached hydrogen (secondary N) is 3. The summed E-state index contributed by atoms with van der Waals surface area (Å²) in [6, 6.07) is 14.6. The van der Waals surface area contributed by atoms with Crippen LogP contribution in [0.2, 0.25) is 5.02 Å². The molecule has 10 heteroatoms. The average molecular weight is 488 g/mol. The van der Waals surface area contributed by atoms with Crippen LogP contribution in [0.5, 0.6) is 0 Å². The third-order valence-electron chi connectivity index (χ3n) is 5.18. The Balaban J connectivity index is 1.36. The van der Waals surface area contributed by atoms with Crippen LogP contribution in [0.3, 0.4) is 0 Å². The summed E-state index contributed by atoms with van der Waals surface area (Å²) in [5, 5.41) is 8.68. The van der Waals surface area contributed by atoms with Gasteiger partial charge in [0.2, 0.25) is 0 Å². The van der Waals surface area contributed by atoms with Crippen molar-refractivity contribution in [2.45, 2.75) is 6.54 Å². The number of amides is 2. The van der Waals surface area contributed by atoms with E-state index in [0.29, 0.717) is 35.1 Å². The maximum absolute atomic E-state index is 13.3. The molecule has 5 rings (SSSR count). The summed E-state index contributed by atoms with van der Waals surface area (Å²) in [6.07, 6.45) is 8.92. The molecule has 35 heavy (non-hydrogen) atoms. The van der Waals surface area contributed by atoms with Gasteiger partial charge in [0.25, 0.3) is 0 Å². The van der Waals surface area contributed by atoms with Crippen LogP contribution in [0, 0.1) is 5.82 Å². The first kappa shape index (κ1) is 22.3. The Morgan fingerprint density at radius 2 is 1.80 bits per heavy atom. The number of carbonyl (C=O) groups is 1. The minimum atomic E-state index is -0.553. The number of hydrogen-bond acceptors (Lipinski definition) is 5. The molecule has 0 spiro atoms. The number of rotatable bonds is 6. The normalized spacial score (nSPS) is 10.8. The second-order valence-corrected chi connectivity index (χ2v) is 8.04. The molecule has 0 aliphatic heterocycles. The van der Waals surface area contributed by atoms with Crippen molar-refractivity contribution in [3.63, 3.8) is 0 Å². The van der Waals surface area contributed by atoms with Gasteiger partial charge in [0.1, 0.15) is 5.82 Å². The molecule has 3 heterocycles. The third kappa shape index (κ3) is 5.20. The number of anilines is 3. The largest absolute Gasteiger partial charge is 0.363 e. The second-order valence-electron chi connectivity index (χ2n) is 7.63. The minimum Gasteiger partial charge on any atom is -0.363 e. The van der Waals surface area contributed by atoms with Crippen molar-refractivity contribution in [3.05, 3.63) is 102 Å². The molecule has 8 nitrogen and oxygen atoms in total. The van der Waals surface area contributed by atoms with E-state index in [-0.39, 0.29) is 5.02 Å². The summed E-state index contributed by atoms with van der Waals surface area (Å²) in [6.45, 7) is 0.566. The van der Waals surface area contributed by atoms with Gasteiger partial charge in [-0.05, 0) is 48.0 Å². The molecule has 0 saturated heterocycles. The molecule has 174 valence electrons. The first-order valence-electron chi connectivity index (χ1n) is 10.7. The molecular weight excluding hydrogens is 469 g/mol. The number of aromatic nitrogens is 4. The van der Waals surface area contributed by atoms with Crippen LogP contribution in [-0.2, 0) is 6.54 Å². The van der Waals surface area contributed by atoms with Crippen LogP contribution in [0.4, 0.5) is 26.4 Å². The quantitative estimate of drug-likeness (QED) is 0.279. The molecule has 0 unspecified atom stereocenters. The molecule has 2 aromatic carbocycles. The average Bonchev–Trinajstić information content (AvgIpc) is 3.34. The van der Waals surface area contributed by atoms with Crippen molar-refractivity contribution in [1.82, 2.24) is 19.4 Å². The number of imidazole rings is 1. The third-order valence-corrected chi connectivity index (χ3v) is 5.47. The predicted molar refractivity (Wildman–Crippen MR) is 134 cm³/mol. The number of fused-ring (bicyclic) bond motifs is 1. The lowest BCUT2D eigenvalue weighted by molar-refractivity contribution is 0.262. The zero-order valence-electron chi connectivity index (χ0n) is 18.2. The highest BCUT2D eigenvalue weighted by molar-refractivity contribution is 6.31. The fraction of sp³-hybridized carbons (Fsp3) is 0.0400. The molecule has 0 bridgehead atoms. The number of halogens is 2. The standard InChI is InChI=1S/C25H19ClFN7O/c26-20-13-19(4-5-21(20)27)32-25(35)31-18-3-1-2-17(12-18)22-15-34-11-10-29-24(34)23(33-22)30-14-16-6-8-28-9-7-16/h1-13,15H,14H2,(H,30,33)(H2,31,32,35). The predicted octanol–water partition coefficient (Wildman–Crippen LogP) is 5.84. The summed E-state index contributed by atoms with van der Waals surface area (Å²) in [5.74, 6) is 0.0796. The van der Waals surface area contributed by atoms with Gasteiger partial charge < -0.3 is 20.4 Å². The first-order chi connectivity index (χ1) is 17.0. The van der Waals surface area contributed by atoms with Gasteiger partial charge in [0, 0.05) is 54.5 Å². The van der Waals surface area contributed by atoms with Gasteiger partial charge in [-0.3, -0.25) is 4.98 Å².